The lowest BCUT2D eigenvalue weighted by atomic mass is 9.85. The molecule has 0 aliphatic rings. The van der Waals surface area contributed by atoms with Gasteiger partial charge < -0.3 is 0 Å². The molecule has 0 radical (unpaired) electrons. The average molecular weight is 786 g/mol. The minimum Gasteiger partial charge on any atom is -0.208 e. The first kappa shape index (κ1) is 34.6. The van der Waals surface area contributed by atoms with Crippen LogP contribution in [0.25, 0.3) is 132 Å². The molecular weight excluding hydrogens is 751 g/mol. The lowest BCUT2D eigenvalue weighted by Gasteiger charge is -2.18. The van der Waals surface area contributed by atoms with Crippen molar-refractivity contribution in [3.63, 3.8) is 0 Å². The summed E-state index contributed by atoms with van der Waals surface area (Å²) in [7, 11) is 0. The van der Waals surface area contributed by atoms with E-state index in [2.05, 4.69) is 194 Å². The van der Waals surface area contributed by atoms with Crippen molar-refractivity contribution < 1.29 is 0 Å². The Bertz CT molecular complexity index is 3920. The van der Waals surface area contributed by atoms with Crippen LogP contribution in [-0.4, -0.2) is 15.0 Å². The zero-order valence-corrected chi connectivity index (χ0v) is 33.5. The van der Waals surface area contributed by atoms with E-state index >= 15 is 0 Å². The molecule has 0 amide bonds. The summed E-state index contributed by atoms with van der Waals surface area (Å²) in [5.74, 6) is 1.92. The van der Waals surface area contributed by atoms with Crippen LogP contribution in [0.15, 0.2) is 212 Å². The topological polar surface area (TPSA) is 38.7 Å². The van der Waals surface area contributed by atoms with Gasteiger partial charge in [0.1, 0.15) is 0 Å². The summed E-state index contributed by atoms with van der Waals surface area (Å²) in [5, 5.41) is 17.6. The van der Waals surface area contributed by atoms with E-state index in [-0.39, 0.29) is 0 Å². The highest BCUT2D eigenvalue weighted by atomic mass is 15.0. The summed E-state index contributed by atoms with van der Waals surface area (Å²) in [5.41, 5.74) is 7.41. The minimum atomic E-state index is 0.633. The molecule has 0 saturated carbocycles. The average Bonchev–Trinajstić information content (AvgIpc) is 3.35. The molecule has 0 saturated heterocycles. The van der Waals surface area contributed by atoms with Crippen LogP contribution >= 0.6 is 0 Å². The molecule has 62 heavy (non-hydrogen) atoms. The first-order valence-electron chi connectivity index (χ1n) is 21.2. The fourth-order valence-corrected chi connectivity index (χ4v) is 9.93. The van der Waals surface area contributed by atoms with Crippen LogP contribution in [0.1, 0.15) is 0 Å². The smallest absolute Gasteiger partial charge is 0.164 e. The fraction of sp³-hybridized carbons (Fsp3) is 0. The molecule has 3 nitrogen and oxygen atoms in total. The third-order valence-electron chi connectivity index (χ3n) is 12.8. The number of rotatable bonds is 5. The second-order valence-electron chi connectivity index (χ2n) is 16.3. The lowest BCUT2D eigenvalue weighted by molar-refractivity contribution is 1.07. The maximum Gasteiger partial charge on any atom is 0.164 e. The van der Waals surface area contributed by atoms with Crippen molar-refractivity contribution in [3.8, 4) is 56.4 Å². The molecule has 286 valence electrons. The number of benzene rings is 11. The number of fused-ring (bicyclic) bond motifs is 3. The van der Waals surface area contributed by atoms with E-state index < -0.39 is 0 Å². The number of aromatic nitrogens is 3. The highest BCUT2D eigenvalue weighted by molar-refractivity contribution is 6.37. The minimum absolute atomic E-state index is 0.633. The van der Waals surface area contributed by atoms with Crippen LogP contribution in [0.3, 0.4) is 0 Å². The van der Waals surface area contributed by atoms with Gasteiger partial charge in [0.2, 0.25) is 0 Å². The van der Waals surface area contributed by atoms with E-state index in [4.69, 9.17) is 15.0 Å². The Balaban J connectivity index is 1.02. The van der Waals surface area contributed by atoms with E-state index in [9.17, 15) is 0 Å². The van der Waals surface area contributed by atoms with Gasteiger partial charge in [-0.3, -0.25) is 0 Å². The Morgan fingerprint density at radius 2 is 0.629 bits per heavy atom. The van der Waals surface area contributed by atoms with Gasteiger partial charge in [-0.05, 0) is 122 Å². The van der Waals surface area contributed by atoms with Crippen molar-refractivity contribution in [3.05, 3.63) is 212 Å². The Hall–Kier alpha value is -8.27. The Labute approximate surface area is 357 Å². The molecule has 0 fully saturated rings. The van der Waals surface area contributed by atoms with Crippen LogP contribution in [0.4, 0.5) is 0 Å². The molecule has 0 aliphatic heterocycles. The molecule has 12 aromatic carbocycles. The summed E-state index contributed by atoms with van der Waals surface area (Å²) >= 11 is 0. The summed E-state index contributed by atoms with van der Waals surface area (Å²) < 4.78 is 0. The van der Waals surface area contributed by atoms with Crippen molar-refractivity contribution in [2.45, 2.75) is 0 Å². The first-order valence-corrected chi connectivity index (χ1v) is 21.2. The van der Waals surface area contributed by atoms with Crippen molar-refractivity contribution in [1.82, 2.24) is 15.0 Å². The normalized spacial score (nSPS) is 11.9. The van der Waals surface area contributed by atoms with E-state index in [1.807, 2.05) is 18.2 Å². The lowest BCUT2D eigenvalue weighted by Crippen LogP contribution is -2.00. The molecule has 13 rings (SSSR count). The standard InChI is InChI=1S/C59H35N3/c1-2-13-40(14-3-1)57-60-58(62-59(61-57)45-31-26-36-12-4-5-15-41(36)32-45)44-20-8-19-42(33-44)47-21-6-7-22-48(47)46-34-43-30-29-39-17-10-24-50-49-23-9-16-37-27-28-38-18-11-25-51(55(38)53(37)49)52(35-46)56(43)54(39)50/h1-35H. The predicted octanol–water partition coefficient (Wildman–Crippen LogP) is 15.7. The van der Waals surface area contributed by atoms with Gasteiger partial charge in [0.25, 0.3) is 0 Å². The van der Waals surface area contributed by atoms with Crippen LogP contribution < -0.4 is 0 Å². The van der Waals surface area contributed by atoms with Crippen molar-refractivity contribution in [1.29, 1.82) is 0 Å². The molecule has 0 atom stereocenters. The van der Waals surface area contributed by atoms with E-state index in [1.165, 1.54) is 81.1 Å². The zero-order chi connectivity index (χ0) is 40.7. The van der Waals surface area contributed by atoms with E-state index in [0.717, 1.165) is 33.2 Å². The van der Waals surface area contributed by atoms with Gasteiger partial charge in [0, 0.05) is 16.7 Å². The van der Waals surface area contributed by atoms with Gasteiger partial charge in [0.05, 0.1) is 0 Å². The molecular formula is C59H35N3. The van der Waals surface area contributed by atoms with Crippen LogP contribution in [0.5, 0.6) is 0 Å². The monoisotopic (exact) mass is 785 g/mol. The van der Waals surface area contributed by atoms with Gasteiger partial charge in [0.15, 0.2) is 17.5 Å². The number of hydrogen-bond donors (Lipinski definition) is 0. The fourth-order valence-electron chi connectivity index (χ4n) is 9.93. The largest absolute Gasteiger partial charge is 0.208 e. The summed E-state index contributed by atoms with van der Waals surface area (Å²) in [6.07, 6.45) is 0. The van der Waals surface area contributed by atoms with Crippen molar-refractivity contribution in [2.24, 2.45) is 0 Å². The molecule has 13 aromatic rings. The maximum absolute atomic E-state index is 5.15. The molecule has 3 heteroatoms. The first-order chi connectivity index (χ1) is 30.7. The summed E-state index contributed by atoms with van der Waals surface area (Å²) in [6, 6.07) is 76.7. The molecule has 0 aliphatic carbocycles. The number of nitrogens with zero attached hydrogens (tertiary/aromatic N) is 3. The second kappa shape index (κ2) is 13.6. The highest BCUT2D eigenvalue weighted by Gasteiger charge is 2.19. The highest BCUT2D eigenvalue weighted by Crippen LogP contribution is 2.45. The van der Waals surface area contributed by atoms with E-state index in [0.29, 0.717) is 17.5 Å². The van der Waals surface area contributed by atoms with Crippen LogP contribution in [-0.2, 0) is 0 Å². The molecule has 0 unspecified atom stereocenters. The summed E-state index contributed by atoms with van der Waals surface area (Å²) in [4.78, 5) is 15.3. The van der Waals surface area contributed by atoms with Gasteiger partial charge in [-0.2, -0.15) is 0 Å². The zero-order valence-electron chi connectivity index (χ0n) is 33.5. The molecule has 0 N–H and O–H groups in total. The third-order valence-corrected chi connectivity index (χ3v) is 12.8. The van der Waals surface area contributed by atoms with Crippen LogP contribution in [0.2, 0.25) is 0 Å². The van der Waals surface area contributed by atoms with Gasteiger partial charge in [-0.1, -0.05) is 188 Å². The quantitative estimate of drug-likeness (QED) is 0.163. The Morgan fingerprint density at radius 1 is 0.210 bits per heavy atom. The van der Waals surface area contributed by atoms with Crippen molar-refractivity contribution >= 4 is 75.4 Å². The Kier molecular flexibility index (Phi) is 7.60. The summed E-state index contributed by atoms with van der Waals surface area (Å²) in [6.45, 7) is 0. The maximum atomic E-state index is 5.15. The van der Waals surface area contributed by atoms with Gasteiger partial charge in [-0.25, -0.2) is 15.0 Å². The molecule has 1 aromatic heterocycles. The predicted molar refractivity (Wildman–Crippen MR) is 261 cm³/mol. The van der Waals surface area contributed by atoms with E-state index in [1.54, 1.807) is 0 Å². The molecule has 0 spiro atoms. The molecule has 1 heterocycles. The number of hydrogen-bond acceptors (Lipinski definition) is 3. The second-order valence-corrected chi connectivity index (χ2v) is 16.3. The Morgan fingerprint density at radius 3 is 1.29 bits per heavy atom. The van der Waals surface area contributed by atoms with Gasteiger partial charge >= 0.3 is 0 Å². The van der Waals surface area contributed by atoms with Crippen LogP contribution in [0, 0.1) is 0 Å². The van der Waals surface area contributed by atoms with Crippen molar-refractivity contribution in [2.75, 3.05) is 0 Å². The molecule has 0 bridgehead atoms. The SMILES string of the molecule is c1ccc(-c2nc(-c3cccc(-c4ccccc4-c4cc5ccc6cccc7c8cccc9ccc%10cccc(c(c4)c5c67)c%10c98)c3)nc(-c3ccc4ccccc4c3)n2)cc1. The van der Waals surface area contributed by atoms with Gasteiger partial charge in [-0.15, -0.1) is 0 Å². The third kappa shape index (κ3) is 5.42.